The van der Waals surface area contributed by atoms with Crippen molar-refractivity contribution in [2.24, 2.45) is 0 Å². The van der Waals surface area contributed by atoms with E-state index in [0.717, 1.165) is 24.2 Å². The van der Waals surface area contributed by atoms with E-state index in [1.54, 1.807) is 0 Å². The lowest BCUT2D eigenvalue weighted by Gasteiger charge is -2.47. The molecule has 3 aromatic rings. The molecule has 1 aliphatic carbocycles. The first-order valence-corrected chi connectivity index (χ1v) is 9.75. The molecule has 4 nitrogen and oxygen atoms in total. The fraction of sp³-hybridized carbons (Fsp3) is 0.391. The number of anilines is 1. The Morgan fingerprint density at radius 3 is 2.70 bits per heavy atom. The van der Waals surface area contributed by atoms with E-state index in [2.05, 4.69) is 60.0 Å². The van der Waals surface area contributed by atoms with Crippen LogP contribution in [0.2, 0.25) is 0 Å². The third-order valence-electron chi connectivity index (χ3n) is 6.61. The molecule has 0 fully saturated rings. The van der Waals surface area contributed by atoms with E-state index in [1.165, 1.54) is 39.9 Å². The molecule has 0 spiro atoms. The van der Waals surface area contributed by atoms with E-state index in [4.69, 9.17) is 0 Å². The van der Waals surface area contributed by atoms with Gasteiger partial charge in [0.15, 0.2) is 5.65 Å². The Kier molecular flexibility index (Phi) is 3.20. The highest BCUT2D eigenvalue weighted by molar-refractivity contribution is 5.80. The maximum atomic E-state index is 4.47. The van der Waals surface area contributed by atoms with Crippen LogP contribution in [-0.2, 0) is 18.3 Å². The first-order chi connectivity index (χ1) is 12.8. The number of benzene rings is 1. The van der Waals surface area contributed by atoms with Gasteiger partial charge in [0.2, 0.25) is 0 Å². The predicted molar refractivity (Wildman–Crippen MR) is 110 cm³/mol. The van der Waals surface area contributed by atoms with Crippen LogP contribution in [0.3, 0.4) is 0 Å². The summed E-state index contributed by atoms with van der Waals surface area (Å²) < 4.78 is 2.15. The van der Waals surface area contributed by atoms with Gasteiger partial charge in [0.05, 0.1) is 23.6 Å². The topological polar surface area (TPSA) is 42.2 Å². The number of rotatable bonds is 1. The maximum absolute atomic E-state index is 4.47. The van der Waals surface area contributed by atoms with Crippen molar-refractivity contribution in [1.29, 1.82) is 0 Å². The van der Waals surface area contributed by atoms with Crippen molar-refractivity contribution < 1.29 is 0 Å². The van der Waals surface area contributed by atoms with Gasteiger partial charge in [0.25, 0.3) is 0 Å². The van der Waals surface area contributed by atoms with Crippen molar-refractivity contribution >= 4 is 11.3 Å². The molecule has 3 heterocycles. The molecule has 27 heavy (non-hydrogen) atoms. The molecule has 2 aromatic heterocycles. The van der Waals surface area contributed by atoms with Gasteiger partial charge in [-0.1, -0.05) is 20.4 Å². The quantitative estimate of drug-likeness (QED) is 0.628. The second-order valence-electron chi connectivity index (χ2n) is 8.96. The van der Waals surface area contributed by atoms with Crippen LogP contribution in [0.5, 0.6) is 0 Å². The van der Waals surface area contributed by atoms with Crippen LogP contribution < -0.4 is 5.32 Å². The molecule has 1 N–H and O–H groups in total. The number of aromatic nitrogens is 3. The first kappa shape index (κ1) is 16.5. The fourth-order valence-corrected chi connectivity index (χ4v) is 5.03. The smallest absolute Gasteiger partial charge is 0.155 e. The summed E-state index contributed by atoms with van der Waals surface area (Å²) >= 11 is 0. The SMILES string of the molecule is C=C1C(C)(C)Nc2c(cc(-c3cncc4nccn34)c3c2CCC3)C1(C)C. The lowest BCUT2D eigenvalue weighted by atomic mass is 9.66. The Bertz CT molecular complexity index is 1100. The van der Waals surface area contributed by atoms with Gasteiger partial charge in [0, 0.05) is 29.1 Å². The number of nitrogens with one attached hydrogen (secondary N) is 1. The van der Waals surface area contributed by atoms with Crippen molar-refractivity contribution in [2.75, 3.05) is 5.32 Å². The van der Waals surface area contributed by atoms with Crippen LogP contribution in [0.15, 0.2) is 43.0 Å². The molecule has 5 rings (SSSR count). The monoisotopic (exact) mass is 358 g/mol. The van der Waals surface area contributed by atoms with E-state index in [9.17, 15) is 0 Å². The van der Waals surface area contributed by atoms with Gasteiger partial charge in [-0.15, -0.1) is 0 Å². The largest absolute Gasteiger partial charge is 0.376 e. The second kappa shape index (κ2) is 5.22. The normalized spacial score (nSPS) is 19.6. The summed E-state index contributed by atoms with van der Waals surface area (Å²) in [6, 6.07) is 2.38. The first-order valence-electron chi connectivity index (χ1n) is 9.75. The van der Waals surface area contributed by atoms with Gasteiger partial charge in [0.1, 0.15) is 0 Å². The lowest BCUT2D eigenvalue weighted by molar-refractivity contribution is 0.489. The molecule has 0 bridgehead atoms. The number of hydrogen-bond donors (Lipinski definition) is 1. The molecular formula is C23H26N4. The third-order valence-corrected chi connectivity index (χ3v) is 6.61. The maximum Gasteiger partial charge on any atom is 0.155 e. The Morgan fingerprint density at radius 2 is 1.89 bits per heavy atom. The summed E-state index contributed by atoms with van der Waals surface area (Å²) in [6.45, 7) is 13.6. The third kappa shape index (κ3) is 2.16. The molecule has 1 aromatic carbocycles. The van der Waals surface area contributed by atoms with Gasteiger partial charge in [-0.2, -0.15) is 0 Å². The van der Waals surface area contributed by atoms with Crippen LogP contribution in [0, 0.1) is 0 Å². The summed E-state index contributed by atoms with van der Waals surface area (Å²) in [7, 11) is 0. The Balaban J connectivity index is 1.84. The zero-order valence-electron chi connectivity index (χ0n) is 16.6. The summed E-state index contributed by atoms with van der Waals surface area (Å²) in [6.07, 6.45) is 11.1. The molecule has 0 atom stereocenters. The van der Waals surface area contributed by atoms with Crippen molar-refractivity contribution in [3.8, 4) is 11.3 Å². The van der Waals surface area contributed by atoms with E-state index in [0.29, 0.717) is 0 Å². The minimum atomic E-state index is -0.111. The summed E-state index contributed by atoms with van der Waals surface area (Å²) in [4.78, 5) is 8.88. The molecule has 0 unspecified atom stereocenters. The zero-order valence-corrected chi connectivity index (χ0v) is 16.6. The minimum Gasteiger partial charge on any atom is -0.376 e. The zero-order chi connectivity index (χ0) is 19.0. The molecular weight excluding hydrogens is 332 g/mol. The van der Waals surface area contributed by atoms with Gasteiger partial charge >= 0.3 is 0 Å². The highest BCUT2D eigenvalue weighted by atomic mass is 15.0. The van der Waals surface area contributed by atoms with Crippen LogP contribution in [-0.4, -0.2) is 19.9 Å². The van der Waals surface area contributed by atoms with Crippen molar-refractivity contribution in [2.45, 2.75) is 57.9 Å². The van der Waals surface area contributed by atoms with E-state index in [-0.39, 0.29) is 11.0 Å². The van der Waals surface area contributed by atoms with Gasteiger partial charge < -0.3 is 5.32 Å². The van der Waals surface area contributed by atoms with Gasteiger partial charge in [-0.25, -0.2) is 4.98 Å². The highest BCUT2D eigenvalue weighted by Crippen LogP contribution is 2.51. The number of hydrogen-bond acceptors (Lipinski definition) is 3. The number of nitrogens with zero attached hydrogens (tertiary/aromatic N) is 3. The Morgan fingerprint density at radius 1 is 1.11 bits per heavy atom. The van der Waals surface area contributed by atoms with Crippen molar-refractivity contribution in [3.63, 3.8) is 0 Å². The Labute approximate surface area is 160 Å². The molecule has 0 saturated carbocycles. The van der Waals surface area contributed by atoms with Crippen molar-refractivity contribution in [3.05, 3.63) is 59.7 Å². The number of fused-ring (bicyclic) bond motifs is 4. The van der Waals surface area contributed by atoms with E-state index < -0.39 is 0 Å². The predicted octanol–water partition coefficient (Wildman–Crippen LogP) is 4.92. The van der Waals surface area contributed by atoms with Gasteiger partial charge in [-0.3, -0.25) is 9.38 Å². The summed E-state index contributed by atoms with van der Waals surface area (Å²) in [5, 5.41) is 3.82. The molecule has 1 aliphatic heterocycles. The Hall–Kier alpha value is -2.62. The van der Waals surface area contributed by atoms with Gasteiger partial charge in [-0.05, 0) is 61.4 Å². The lowest BCUT2D eigenvalue weighted by Crippen LogP contribution is -2.46. The standard InChI is InChI=1S/C23H26N4/c1-14-22(2,3)18-11-17(19-12-24-13-20-25-9-10-27(19)20)15-7-6-8-16(15)21(18)26-23(14,4)5/h9-13,26H,1,6-8H2,2-5H3. The highest BCUT2D eigenvalue weighted by Gasteiger charge is 2.43. The van der Waals surface area contributed by atoms with Crippen LogP contribution in [0.25, 0.3) is 16.9 Å². The molecule has 138 valence electrons. The summed E-state index contributed by atoms with van der Waals surface area (Å²) in [5.41, 5.74) is 9.95. The molecule has 0 radical (unpaired) electrons. The average Bonchev–Trinajstić information content (AvgIpc) is 3.29. The van der Waals surface area contributed by atoms with Crippen LogP contribution in [0.4, 0.5) is 5.69 Å². The van der Waals surface area contributed by atoms with E-state index >= 15 is 0 Å². The minimum absolute atomic E-state index is 0.0906. The van der Waals surface area contributed by atoms with Crippen LogP contribution >= 0.6 is 0 Å². The van der Waals surface area contributed by atoms with Crippen molar-refractivity contribution in [1.82, 2.24) is 14.4 Å². The number of imidazole rings is 1. The molecule has 0 saturated heterocycles. The van der Waals surface area contributed by atoms with Crippen LogP contribution in [0.1, 0.15) is 50.8 Å². The molecule has 0 amide bonds. The summed E-state index contributed by atoms with van der Waals surface area (Å²) in [5.74, 6) is 0. The molecule has 4 heteroatoms. The van der Waals surface area contributed by atoms with E-state index in [1.807, 2.05) is 24.8 Å². The average molecular weight is 358 g/mol. The second-order valence-corrected chi connectivity index (χ2v) is 8.96. The fourth-order valence-electron chi connectivity index (χ4n) is 5.03. The molecule has 2 aliphatic rings.